The number of benzene rings is 3. The van der Waals surface area contributed by atoms with Crippen LogP contribution in [0.5, 0.6) is 11.5 Å². The first-order chi connectivity index (χ1) is 21.7. The Morgan fingerprint density at radius 2 is 1.62 bits per heavy atom. The molecule has 4 aliphatic rings. The molecule has 7 rings (SSSR count). The number of hydrogen-bond donors (Lipinski definition) is 2. The van der Waals surface area contributed by atoms with E-state index in [1.54, 1.807) is 30.3 Å². The van der Waals surface area contributed by atoms with Gasteiger partial charge in [-0.05, 0) is 42.0 Å². The van der Waals surface area contributed by atoms with Gasteiger partial charge in [0.15, 0.2) is 11.6 Å². The Bertz CT molecular complexity index is 1850. The number of primary amides is 1. The first-order valence-corrected chi connectivity index (χ1v) is 14.9. The number of allylic oxidation sites excluding steroid dienone is 4. The van der Waals surface area contributed by atoms with E-state index in [9.17, 15) is 29.1 Å². The Labute approximate surface area is 259 Å². The number of fused-ring (bicyclic) bond motifs is 4. The second-order valence-electron chi connectivity index (χ2n) is 12.1. The van der Waals surface area contributed by atoms with Gasteiger partial charge in [-0.3, -0.25) is 19.2 Å². The molecule has 3 aliphatic carbocycles. The molecule has 2 fully saturated rings. The lowest BCUT2D eigenvalue weighted by Crippen LogP contribution is -2.59. The van der Waals surface area contributed by atoms with Crippen LogP contribution in [0.2, 0.25) is 0 Å². The first-order valence-electron chi connectivity index (χ1n) is 14.9. The predicted molar refractivity (Wildman–Crippen MR) is 163 cm³/mol. The van der Waals surface area contributed by atoms with E-state index in [1.165, 1.54) is 25.3 Å². The lowest BCUT2D eigenvalue weighted by Gasteiger charge is -2.55. The van der Waals surface area contributed by atoms with Crippen LogP contribution in [0.15, 0.2) is 96.6 Å². The number of likely N-dealkylation sites (tertiary alicyclic amines) is 1. The minimum atomic E-state index is -1.44. The van der Waals surface area contributed by atoms with Gasteiger partial charge in [0, 0.05) is 29.0 Å². The van der Waals surface area contributed by atoms with Crippen molar-refractivity contribution in [2.75, 3.05) is 7.11 Å². The van der Waals surface area contributed by atoms with E-state index in [2.05, 4.69) is 0 Å². The van der Waals surface area contributed by atoms with E-state index in [0.717, 1.165) is 0 Å². The summed E-state index contributed by atoms with van der Waals surface area (Å²) in [5.41, 5.74) is 6.82. The van der Waals surface area contributed by atoms with Gasteiger partial charge in [-0.25, -0.2) is 4.79 Å². The summed E-state index contributed by atoms with van der Waals surface area (Å²) in [5.74, 6) is -5.75. The fraction of sp³-hybridized carbons (Fsp3) is 0.250. The molecule has 45 heavy (non-hydrogen) atoms. The Hall–Kier alpha value is -5.31. The van der Waals surface area contributed by atoms with Crippen LogP contribution in [-0.2, 0) is 24.6 Å². The van der Waals surface area contributed by atoms with Gasteiger partial charge in [0.25, 0.3) is 0 Å². The van der Waals surface area contributed by atoms with E-state index in [-0.39, 0.29) is 35.7 Å². The van der Waals surface area contributed by atoms with Crippen molar-refractivity contribution in [2.45, 2.75) is 24.2 Å². The number of carbonyl (C=O) groups excluding carboxylic acids is 5. The van der Waals surface area contributed by atoms with Crippen molar-refractivity contribution >= 4 is 35.0 Å². The van der Waals surface area contributed by atoms with Gasteiger partial charge in [-0.2, -0.15) is 4.90 Å². The van der Waals surface area contributed by atoms with Crippen molar-refractivity contribution in [3.63, 3.8) is 0 Å². The van der Waals surface area contributed by atoms with Gasteiger partial charge in [0.05, 0.1) is 24.4 Å². The van der Waals surface area contributed by atoms with E-state index >= 15 is 0 Å². The largest absolute Gasteiger partial charge is 0.508 e. The summed E-state index contributed by atoms with van der Waals surface area (Å²) in [7, 11) is 1.46. The van der Waals surface area contributed by atoms with E-state index in [1.807, 2.05) is 42.5 Å². The number of phenols is 1. The van der Waals surface area contributed by atoms with Crippen LogP contribution in [0.1, 0.15) is 35.4 Å². The quantitative estimate of drug-likeness (QED) is 0.335. The number of phenolic OH excluding ortho intramolecular Hbond substituents is 1. The maximum atomic E-state index is 15.0. The molecule has 1 saturated heterocycles. The molecule has 0 aromatic heterocycles. The Kier molecular flexibility index (Phi) is 6.58. The number of nitrogens with two attached hydrogens (primary N) is 1. The van der Waals surface area contributed by atoms with Crippen LogP contribution < -0.4 is 10.5 Å². The SMILES string of the molecule is COc1cc(O)ccc1C1C2=CCC3C(=O)N(C(N)=O)C(=O)C3C2CC2C(=O)C(c3ccccc3)=CC(=O)C21c1ccccc1. The highest BCUT2D eigenvalue weighted by Gasteiger charge is 2.66. The molecule has 1 saturated carbocycles. The molecule has 1 aliphatic heterocycles. The zero-order valence-corrected chi connectivity index (χ0v) is 24.4. The van der Waals surface area contributed by atoms with Gasteiger partial charge in [0.2, 0.25) is 11.8 Å². The highest BCUT2D eigenvalue weighted by molar-refractivity contribution is 6.31. The van der Waals surface area contributed by atoms with Crippen molar-refractivity contribution in [2.24, 2.45) is 29.4 Å². The third-order valence-corrected chi connectivity index (χ3v) is 10.1. The predicted octanol–water partition coefficient (Wildman–Crippen LogP) is 4.30. The average Bonchev–Trinajstić information content (AvgIpc) is 3.32. The Morgan fingerprint density at radius 1 is 0.933 bits per heavy atom. The second-order valence-corrected chi connectivity index (χ2v) is 12.1. The molecule has 3 aromatic rings. The first kappa shape index (κ1) is 28.5. The minimum Gasteiger partial charge on any atom is -0.508 e. The molecule has 0 spiro atoms. The second kappa shape index (κ2) is 10.4. The highest BCUT2D eigenvalue weighted by atomic mass is 16.5. The summed E-state index contributed by atoms with van der Waals surface area (Å²) in [5, 5.41) is 10.4. The maximum absolute atomic E-state index is 15.0. The fourth-order valence-electron chi connectivity index (χ4n) is 8.37. The van der Waals surface area contributed by atoms with Gasteiger partial charge >= 0.3 is 6.03 Å². The number of hydrogen-bond acceptors (Lipinski definition) is 7. The molecular weight excluding hydrogens is 572 g/mol. The third-order valence-electron chi connectivity index (χ3n) is 10.1. The molecule has 3 N–H and O–H groups in total. The molecular formula is C36H30N2O7. The fourth-order valence-corrected chi connectivity index (χ4v) is 8.37. The summed E-state index contributed by atoms with van der Waals surface area (Å²) in [4.78, 5) is 69.5. The number of methoxy groups -OCH3 is 1. The summed E-state index contributed by atoms with van der Waals surface area (Å²) < 4.78 is 5.76. The lowest BCUT2D eigenvalue weighted by molar-refractivity contribution is -0.137. The number of amides is 4. The molecule has 6 unspecified atom stereocenters. The van der Waals surface area contributed by atoms with Crippen LogP contribution in [0, 0.1) is 23.7 Å². The van der Waals surface area contributed by atoms with Crippen molar-refractivity contribution < 1.29 is 33.8 Å². The smallest absolute Gasteiger partial charge is 0.328 e. The molecule has 1 heterocycles. The molecule has 0 radical (unpaired) electrons. The van der Waals surface area contributed by atoms with Crippen molar-refractivity contribution in [1.29, 1.82) is 0 Å². The van der Waals surface area contributed by atoms with Crippen molar-refractivity contribution in [1.82, 2.24) is 4.90 Å². The monoisotopic (exact) mass is 602 g/mol. The maximum Gasteiger partial charge on any atom is 0.328 e. The van der Waals surface area contributed by atoms with Crippen LogP contribution in [-0.4, -0.2) is 46.5 Å². The summed E-state index contributed by atoms with van der Waals surface area (Å²) in [6.07, 6.45) is 3.57. The van der Waals surface area contributed by atoms with Crippen molar-refractivity contribution in [3.8, 4) is 11.5 Å². The van der Waals surface area contributed by atoms with E-state index in [0.29, 0.717) is 32.9 Å². The van der Waals surface area contributed by atoms with Crippen LogP contribution in [0.4, 0.5) is 4.79 Å². The Balaban J connectivity index is 1.53. The summed E-state index contributed by atoms with van der Waals surface area (Å²) in [6, 6.07) is 21.6. The molecule has 6 atom stereocenters. The molecule has 0 bridgehead atoms. The normalized spacial score (nSPS) is 28.9. The molecule has 4 amide bonds. The molecule has 9 nitrogen and oxygen atoms in total. The summed E-state index contributed by atoms with van der Waals surface area (Å²) in [6.45, 7) is 0. The number of ether oxygens (including phenoxy) is 1. The van der Waals surface area contributed by atoms with Gasteiger partial charge < -0.3 is 15.6 Å². The zero-order valence-electron chi connectivity index (χ0n) is 24.4. The van der Waals surface area contributed by atoms with Gasteiger partial charge in [-0.15, -0.1) is 0 Å². The number of aromatic hydroxyl groups is 1. The number of nitrogens with zero attached hydrogens (tertiary/aromatic N) is 1. The zero-order chi connectivity index (χ0) is 31.6. The van der Waals surface area contributed by atoms with E-state index < -0.39 is 52.8 Å². The number of carbonyl (C=O) groups is 5. The van der Waals surface area contributed by atoms with E-state index in [4.69, 9.17) is 10.5 Å². The lowest BCUT2D eigenvalue weighted by atomic mass is 9.44. The van der Waals surface area contributed by atoms with Crippen LogP contribution in [0.25, 0.3) is 5.57 Å². The Morgan fingerprint density at radius 3 is 2.29 bits per heavy atom. The molecule has 9 heteroatoms. The van der Waals surface area contributed by atoms with Gasteiger partial charge in [-0.1, -0.05) is 78.4 Å². The standard InChI is InChI=1S/C36H30N2O7/c1-45-28-16-21(39)12-13-23(28)31-22-14-15-24-30(34(43)38(33(24)42)35(37)44)26(22)17-27-32(41)25(19-8-4-2-5-9-19)18-29(40)36(27,31)20-10-6-3-7-11-20/h2-14,16,18,24,26-27,30-31,39H,15,17H2,1H3,(H2,37,44). The van der Waals surface area contributed by atoms with Crippen LogP contribution in [0.3, 0.4) is 0 Å². The molecule has 226 valence electrons. The average molecular weight is 603 g/mol. The summed E-state index contributed by atoms with van der Waals surface area (Å²) >= 11 is 0. The topological polar surface area (TPSA) is 144 Å². The highest BCUT2D eigenvalue weighted by Crippen LogP contribution is 2.64. The van der Waals surface area contributed by atoms with Crippen molar-refractivity contribution in [3.05, 3.63) is 113 Å². The number of urea groups is 1. The number of ketones is 2. The van der Waals surface area contributed by atoms with Crippen LogP contribution >= 0.6 is 0 Å². The van der Waals surface area contributed by atoms with Gasteiger partial charge in [0.1, 0.15) is 11.5 Å². The number of imide groups is 3. The number of Topliss-reactive ketones (excluding diaryl/α,β-unsaturated/α-hetero) is 1. The molecule has 3 aromatic carbocycles. The third kappa shape index (κ3) is 3.96. The minimum absolute atomic E-state index is 0.0445. The number of rotatable bonds is 4.